The molecule has 19 heavy (non-hydrogen) atoms. The molecule has 0 fully saturated rings. The first-order chi connectivity index (χ1) is 8.84. The molecule has 0 spiro atoms. The summed E-state index contributed by atoms with van der Waals surface area (Å²) >= 11 is 0. The Kier molecular flexibility index (Phi) is 5.86. The fraction of sp³-hybridized carbons (Fsp3) is 0.647. The number of hydrogen-bond acceptors (Lipinski definition) is 2. The quantitative estimate of drug-likeness (QED) is 0.782. The molecule has 1 aromatic carbocycles. The van der Waals surface area contributed by atoms with Crippen molar-refractivity contribution in [3.05, 3.63) is 29.3 Å². The summed E-state index contributed by atoms with van der Waals surface area (Å²) in [5.74, 6) is 1.04. The van der Waals surface area contributed by atoms with Gasteiger partial charge in [0.2, 0.25) is 0 Å². The molecule has 0 aliphatic rings. The smallest absolute Gasteiger partial charge is 0.123 e. The summed E-state index contributed by atoms with van der Waals surface area (Å²) < 4.78 is 5.99. The molecule has 2 heteroatoms. The van der Waals surface area contributed by atoms with Crippen molar-refractivity contribution in [1.82, 2.24) is 5.32 Å². The van der Waals surface area contributed by atoms with Crippen LogP contribution in [0.2, 0.25) is 0 Å². The average Bonchev–Trinajstić information content (AvgIpc) is 2.34. The van der Waals surface area contributed by atoms with E-state index >= 15 is 0 Å². The summed E-state index contributed by atoms with van der Waals surface area (Å²) in [6.45, 7) is 11.8. The summed E-state index contributed by atoms with van der Waals surface area (Å²) in [6, 6.07) is 7.03. The largest absolute Gasteiger partial charge is 0.493 e. The van der Waals surface area contributed by atoms with Crippen LogP contribution in [0, 0.1) is 6.92 Å². The maximum absolute atomic E-state index is 5.99. The van der Waals surface area contributed by atoms with Crippen molar-refractivity contribution in [2.24, 2.45) is 0 Å². The fourth-order valence-corrected chi connectivity index (χ4v) is 2.07. The molecule has 0 aromatic heterocycles. The highest BCUT2D eigenvalue weighted by molar-refractivity contribution is 5.41. The Balaban J connectivity index is 2.63. The third kappa shape index (κ3) is 5.23. The zero-order valence-corrected chi connectivity index (χ0v) is 13.3. The lowest BCUT2D eigenvalue weighted by molar-refractivity contribution is 0.292. The molecule has 1 aromatic rings. The van der Waals surface area contributed by atoms with Crippen LogP contribution in [0.25, 0.3) is 0 Å². The summed E-state index contributed by atoms with van der Waals surface area (Å²) in [5.41, 5.74) is 2.72. The van der Waals surface area contributed by atoms with Crippen LogP contribution < -0.4 is 10.1 Å². The van der Waals surface area contributed by atoms with Crippen molar-refractivity contribution in [2.45, 2.75) is 58.9 Å². The number of hydrogen-bond donors (Lipinski definition) is 1. The van der Waals surface area contributed by atoms with Crippen LogP contribution in [0.15, 0.2) is 18.2 Å². The van der Waals surface area contributed by atoms with Crippen LogP contribution in [0.3, 0.4) is 0 Å². The van der Waals surface area contributed by atoms with Gasteiger partial charge in [0.25, 0.3) is 0 Å². The third-order valence-corrected chi connectivity index (χ3v) is 3.47. The molecule has 1 N–H and O–H groups in total. The van der Waals surface area contributed by atoms with Crippen LogP contribution in [0.1, 0.15) is 51.7 Å². The minimum atomic E-state index is 0.125. The molecule has 0 saturated carbocycles. The van der Waals surface area contributed by atoms with E-state index in [1.54, 1.807) is 0 Å². The van der Waals surface area contributed by atoms with Crippen LogP contribution in [-0.4, -0.2) is 19.7 Å². The predicted molar refractivity (Wildman–Crippen MR) is 83.1 cm³/mol. The molecule has 0 heterocycles. The van der Waals surface area contributed by atoms with E-state index in [-0.39, 0.29) is 5.41 Å². The minimum absolute atomic E-state index is 0.125. The van der Waals surface area contributed by atoms with Gasteiger partial charge in [-0.1, -0.05) is 38.5 Å². The van der Waals surface area contributed by atoms with Gasteiger partial charge < -0.3 is 10.1 Å². The van der Waals surface area contributed by atoms with E-state index in [0.29, 0.717) is 6.04 Å². The first kappa shape index (κ1) is 16.0. The Morgan fingerprint density at radius 1 is 1.26 bits per heavy atom. The number of benzene rings is 1. The van der Waals surface area contributed by atoms with Gasteiger partial charge in [0, 0.05) is 6.04 Å². The van der Waals surface area contributed by atoms with E-state index in [1.165, 1.54) is 11.1 Å². The molecule has 0 amide bonds. The molecule has 0 aliphatic heterocycles. The Labute approximate surface area is 118 Å². The standard InChI is InChI=1S/C17H29NO/c1-13-9-10-16(15(12-13)17(3,4)5)19-11-7-8-14(2)18-6/h9-10,12,14,18H,7-8,11H2,1-6H3. The first-order valence-electron chi connectivity index (χ1n) is 7.26. The van der Waals surface area contributed by atoms with Gasteiger partial charge in [-0.2, -0.15) is 0 Å². The minimum Gasteiger partial charge on any atom is -0.493 e. The van der Waals surface area contributed by atoms with Crippen LogP contribution in [0.4, 0.5) is 0 Å². The summed E-state index contributed by atoms with van der Waals surface area (Å²) in [4.78, 5) is 0. The zero-order valence-electron chi connectivity index (χ0n) is 13.3. The van der Waals surface area contributed by atoms with Gasteiger partial charge in [0.1, 0.15) is 5.75 Å². The van der Waals surface area contributed by atoms with E-state index in [4.69, 9.17) is 4.74 Å². The van der Waals surface area contributed by atoms with Gasteiger partial charge in [-0.25, -0.2) is 0 Å². The third-order valence-electron chi connectivity index (χ3n) is 3.47. The number of nitrogens with one attached hydrogen (secondary N) is 1. The van der Waals surface area contributed by atoms with Crippen LogP contribution in [-0.2, 0) is 5.41 Å². The van der Waals surface area contributed by atoms with Crippen molar-refractivity contribution in [2.75, 3.05) is 13.7 Å². The zero-order chi connectivity index (χ0) is 14.5. The number of ether oxygens (including phenoxy) is 1. The summed E-state index contributed by atoms with van der Waals surface area (Å²) in [7, 11) is 2.00. The predicted octanol–water partition coefficient (Wildman–Crippen LogP) is 4.06. The van der Waals surface area contributed by atoms with Gasteiger partial charge in [-0.05, 0) is 50.8 Å². The van der Waals surface area contributed by atoms with Crippen molar-refractivity contribution in [3.63, 3.8) is 0 Å². The van der Waals surface area contributed by atoms with E-state index in [0.717, 1.165) is 25.2 Å². The molecule has 0 saturated heterocycles. The maximum Gasteiger partial charge on any atom is 0.123 e. The van der Waals surface area contributed by atoms with E-state index in [9.17, 15) is 0 Å². The number of rotatable bonds is 6. The molecule has 0 aliphatic carbocycles. The monoisotopic (exact) mass is 263 g/mol. The number of aryl methyl sites for hydroxylation is 1. The molecule has 0 radical (unpaired) electrons. The highest BCUT2D eigenvalue weighted by Gasteiger charge is 2.19. The van der Waals surface area contributed by atoms with Gasteiger partial charge in [-0.15, -0.1) is 0 Å². The van der Waals surface area contributed by atoms with Gasteiger partial charge in [-0.3, -0.25) is 0 Å². The Morgan fingerprint density at radius 3 is 2.53 bits per heavy atom. The molecular formula is C17H29NO. The van der Waals surface area contributed by atoms with Crippen molar-refractivity contribution in [1.29, 1.82) is 0 Å². The molecule has 1 atom stereocenters. The second-order valence-corrected chi connectivity index (χ2v) is 6.43. The van der Waals surface area contributed by atoms with Gasteiger partial charge in [0.15, 0.2) is 0 Å². The van der Waals surface area contributed by atoms with Crippen molar-refractivity contribution in [3.8, 4) is 5.75 Å². The SMILES string of the molecule is CNC(C)CCCOc1ccc(C)cc1C(C)(C)C. The molecule has 1 rings (SSSR count). The molecular weight excluding hydrogens is 234 g/mol. The highest BCUT2D eigenvalue weighted by atomic mass is 16.5. The van der Waals surface area contributed by atoms with E-state index in [1.807, 2.05) is 7.05 Å². The second kappa shape index (κ2) is 6.95. The second-order valence-electron chi connectivity index (χ2n) is 6.43. The normalized spacial score (nSPS) is 13.4. The highest BCUT2D eigenvalue weighted by Crippen LogP contribution is 2.32. The van der Waals surface area contributed by atoms with Gasteiger partial charge >= 0.3 is 0 Å². The lowest BCUT2D eigenvalue weighted by Gasteiger charge is -2.23. The Morgan fingerprint density at radius 2 is 1.95 bits per heavy atom. The van der Waals surface area contributed by atoms with Crippen molar-refractivity contribution >= 4 is 0 Å². The van der Waals surface area contributed by atoms with E-state index < -0.39 is 0 Å². The molecule has 1 unspecified atom stereocenters. The maximum atomic E-state index is 5.99. The van der Waals surface area contributed by atoms with Gasteiger partial charge in [0.05, 0.1) is 6.61 Å². The van der Waals surface area contributed by atoms with Crippen LogP contribution in [0.5, 0.6) is 5.75 Å². The summed E-state index contributed by atoms with van der Waals surface area (Å²) in [5, 5.41) is 3.25. The van der Waals surface area contributed by atoms with Crippen LogP contribution >= 0.6 is 0 Å². The molecule has 0 bridgehead atoms. The Hall–Kier alpha value is -1.02. The lowest BCUT2D eigenvalue weighted by atomic mass is 9.85. The average molecular weight is 263 g/mol. The van der Waals surface area contributed by atoms with Crippen molar-refractivity contribution < 1.29 is 4.74 Å². The molecule has 2 nitrogen and oxygen atoms in total. The topological polar surface area (TPSA) is 21.3 Å². The molecule has 108 valence electrons. The first-order valence-corrected chi connectivity index (χ1v) is 7.26. The lowest BCUT2D eigenvalue weighted by Crippen LogP contribution is -2.21. The Bertz CT molecular complexity index is 393. The van der Waals surface area contributed by atoms with E-state index in [2.05, 4.69) is 58.1 Å². The summed E-state index contributed by atoms with van der Waals surface area (Å²) in [6.07, 6.45) is 2.23. The fourth-order valence-electron chi connectivity index (χ4n) is 2.07.